The summed E-state index contributed by atoms with van der Waals surface area (Å²) in [6, 6.07) is 20.0. The average molecular weight is 580 g/mol. The lowest BCUT2D eigenvalue weighted by Crippen LogP contribution is -2.26. The predicted octanol–water partition coefficient (Wildman–Crippen LogP) is 5.12. The van der Waals surface area contributed by atoms with E-state index in [1.807, 2.05) is 19.1 Å². The molecule has 1 atom stereocenters. The van der Waals surface area contributed by atoms with E-state index < -0.39 is 15.9 Å². The molecule has 3 rings (SSSR count). The number of nitrogens with one attached hydrogen (secondary N) is 1. The number of halogens is 2. The molecule has 0 saturated heterocycles. The molecule has 204 valence electrons. The number of ether oxygens (including phenoxy) is 1. The van der Waals surface area contributed by atoms with Gasteiger partial charge < -0.3 is 15.0 Å². The molecule has 3 aromatic carbocycles. The number of sulfone groups is 1. The second kappa shape index (κ2) is 14.3. The zero-order valence-corrected chi connectivity index (χ0v) is 23.9. The van der Waals surface area contributed by atoms with E-state index in [0.29, 0.717) is 36.6 Å². The maximum atomic E-state index is 13.2. The number of rotatable bonds is 11. The van der Waals surface area contributed by atoms with E-state index in [9.17, 15) is 18.0 Å². The molecule has 0 spiro atoms. The molecule has 7 nitrogen and oxygen atoms in total. The second-order valence-corrected chi connectivity index (χ2v) is 11.0. The van der Waals surface area contributed by atoms with Crippen molar-refractivity contribution in [2.75, 3.05) is 26.7 Å². The van der Waals surface area contributed by atoms with Crippen LogP contribution in [0.3, 0.4) is 0 Å². The number of hydrogen-bond donors (Lipinski definition) is 1. The molecule has 1 amide bonds. The van der Waals surface area contributed by atoms with Gasteiger partial charge in [0, 0.05) is 37.6 Å². The largest absolute Gasteiger partial charge is 0.456 e. The van der Waals surface area contributed by atoms with Crippen molar-refractivity contribution in [1.82, 2.24) is 10.2 Å². The summed E-state index contributed by atoms with van der Waals surface area (Å²) in [4.78, 5) is 25.7. The number of hydrogen-bond acceptors (Lipinski definition) is 6. The van der Waals surface area contributed by atoms with Crippen molar-refractivity contribution in [2.45, 2.75) is 36.2 Å². The van der Waals surface area contributed by atoms with E-state index in [1.54, 1.807) is 55.6 Å². The highest BCUT2D eigenvalue weighted by atomic mass is 35.5. The highest BCUT2D eigenvalue weighted by molar-refractivity contribution is 7.91. The summed E-state index contributed by atoms with van der Waals surface area (Å²) >= 11 is 6.07. The van der Waals surface area contributed by atoms with Crippen molar-refractivity contribution in [1.29, 1.82) is 0 Å². The smallest absolute Gasteiger partial charge is 0.303 e. The molecule has 0 heterocycles. The van der Waals surface area contributed by atoms with Crippen LogP contribution in [0.4, 0.5) is 0 Å². The molecule has 0 bridgehead atoms. The molecule has 3 aromatic rings. The fourth-order valence-corrected chi connectivity index (χ4v) is 5.24. The van der Waals surface area contributed by atoms with Gasteiger partial charge in [0.15, 0.2) is 0 Å². The zero-order valence-electron chi connectivity index (χ0n) is 21.5. The summed E-state index contributed by atoms with van der Waals surface area (Å²) < 4.78 is 31.7. The van der Waals surface area contributed by atoms with Crippen molar-refractivity contribution in [3.8, 4) is 0 Å². The molecule has 10 heteroatoms. The Morgan fingerprint density at radius 3 is 2.32 bits per heavy atom. The van der Waals surface area contributed by atoms with Gasteiger partial charge >= 0.3 is 5.97 Å². The highest BCUT2D eigenvalue weighted by Gasteiger charge is 2.20. The Bertz CT molecular complexity index is 1350. The molecular formula is C28H32Cl2N2O5S. The molecule has 0 fully saturated rings. The van der Waals surface area contributed by atoms with Gasteiger partial charge in [-0.2, -0.15) is 0 Å². The molecule has 38 heavy (non-hydrogen) atoms. The summed E-state index contributed by atoms with van der Waals surface area (Å²) in [5, 5.41) is 3.85. The summed E-state index contributed by atoms with van der Waals surface area (Å²) in [5.41, 5.74) is 2.08. The van der Waals surface area contributed by atoms with Gasteiger partial charge in [-0.3, -0.25) is 9.59 Å². The van der Waals surface area contributed by atoms with Gasteiger partial charge in [0.05, 0.1) is 9.79 Å². The summed E-state index contributed by atoms with van der Waals surface area (Å²) in [6.45, 7) is 4.75. The first-order valence-corrected chi connectivity index (χ1v) is 13.8. The van der Waals surface area contributed by atoms with Gasteiger partial charge in [-0.1, -0.05) is 41.9 Å². The second-order valence-electron chi connectivity index (χ2n) is 8.60. The fourth-order valence-electron chi connectivity index (χ4n) is 3.73. The monoisotopic (exact) mass is 578 g/mol. The molecule has 0 saturated carbocycles. The minimum absolute atomic E-state index is 0. The van der Waals surface area contributed by atoms with E-state index >= 15 is 0 Å². The Morgan fingerprint density at radius 1 is 1.00 bits per heavy atom. The highest BCUT2D eigenvalue weighted by Crippen LogP contribution is 2.23. The SMILES string of the molecule is CCN(C)C(=O)c1cccc(S(=O)(=O)c2ccc(CCNC[C@@H](OC(C)=O)c3cccc(Cl)c3)cc2)c1.Cl. The molecular weight excluding hydrogens is 547 g/mol. The van der Waals surface area contributed by atoms with Crippen molar-refractivity contribution < 1.29 is 22.7 Å². The fraction of sp³-hybridized carbons (Fsp3) is 0.286. The minimum atomic E-state index is -3.77. The number of esters is 1. The van der Waals surface area contributed by atoms with Crippen LogP contribution in [0.2, 0.25) is 5.02 Å². The van der Waals surface area contributed by atoms with Crippen LogP contribution in [-0.2, 0) is 25.8 Å². The zero-order chi connectivity index (χ0) is 27.0. The van der Waals surface area contributed by atoms with Gasteiger partial charge in [0.25, 0.3) is 5.91 Å². The van der Waals surface area contributed by atoms with E-state index in [4.69, 9.17) is 16.3 Å². The predicted molar refractivity (Wildman–Crippen MR) is 151 cm³/mol. The molecule has 0 aliphatic rings. The third-order valence-corrected chi connectivity index (χ3v) is 7.90. The summed E-state index contributed by atoms with van der Waals surface area (Å²) in [6.07, 6.45) is 0.180. The third kappa shape index (κ3) is 8.30. The molecule has 0 aliphatic carbocycles. The summed E-state index contributed by atoms with van der Waals surface area (Å²) in [7, 11) is -2.10. The quantitative estimate of drug-likeness (QED) is 0.250. The Hall–Kier alpha value is -2.91. The average Bonchev–Trinajstić information content (AvgIpc) is 2.89. The van der Waals surface area contributed by atoms with Crippen LogP contribution in [0.5, 0.6) is 0 Å². The first kappa shape index (κ1) is 31.3. The van der Waals surface area contributed by atoms with Crippen LogP contribution in [0.1, 0.15) is 41.4 Å². The van der Waals surface area contributed by atoms with Crippen LogP contribution in [0, 0.1) is 0 Å². The maximum Gasteiger partial charge on any atom is 0.303 e. The van der Waals surface area contributed by atoms with Crippen LogP contribution >= 0.6 is 24.0 Å². The Balaban J connectivity index is 0.00000507. The molecule has 0 radical (unpaired) electrons. The number of amides is 1. The number of benzene rings is 3. The number of carbonyl (C=O) groups is 2. The third-order valence-electron chi connectivity index (χ3n) is 5.89. The lowest BCUT2D eigenvalue weighted by molar-refractivity contribution is -0.146. The van der Waals surface area contributed by atoms with E-state index in [0.717, 1.165) is 11.1 Å². The van der Waals surface area contributed by atoms with Gasteiger partial charge in [-0.15, -0.1) is 12.4 Å². The van der Waals surface area contributed by atoms with Crippen LogP contribution in [0.25, 0.3) is 0 Å². The number of carbonyl (C=O) groups excluding carboxylic acids is 2. The lowest BCUT2D eigenvalue weighted by atomic mass is 10.1. The first-order chi connectivity index (χ1) is 17.6. The van der Waals surface area contributed by atoms with E-state index in [1.165, 1.54) is 24.0 Å². The van der Waals surface area contributed by atoms with Crippen LogP contribution in [0.15, 0.2) is 82.6 Å². The van der Waals surface area contributed by atoms with Gasteiger partial charge in [0.2, 0.25) is 9.84 Å². The van der Waals surface area contributed by atoms with Crippen molar-refractivity contribution in [3.05, 3.63) is 94.5 Å². The van der Waals surface area contributed by atoms with Gasteiger partial charge in [0.1, 0.15) is 6.10 Å². The molecule has 0 aliphatic heterocycles. The maximum absolute atomic E-state index is 13.2. The van der Waals surface area contributed by atoms with Crippen molar-refractivity contribution in [3.63, 3.8) is 0 Å². The van der Waals surface area contributed by atoms with Crippen LogP contribution in [-0.4, -0.2) is 51.9 Å². The van der Waals surface area contributed by atoms with Crippen molar-refractivity contribution >= 4 is 45.7 Å². The standard InChI is InChI=1S/C28H31ClN2O5S.ClH/c1-4-31(3)28(33)23-8-6-10-26(18-23)37(34,35)25-13-11-21(12-14-25)15-16-30-19-27(36-20(2)32)22-7-5-9-24(29)17-22;/h5-14,17-18,27,30H,4,15-16,19H2,1-3H3;1H/t27-;/m1./s1. The topological polar surface area (TPSA) is 92.8 Å². The first-order valence-electron chi connectivity index (χ1n) is 11.9. The summed E-state index contributed by atoms with van der Waals surface area (Å²) in [5.74, 6) is -0.607. The van der Waals surface area contributed by atoms with Gasteiger partial charge in [-0.05, 0) is 73.5 Å². The van der Waals surface area contributed by atoms with Gasteiger partial charge in [-0.25, -0.2) is 8.42 Å². The molecule has 0 aromatic heterocycles. The van der Waals surface area contributed by atoms with Crippen molar-refractivity contribution in [2.24, 2.45) is 0 Å². The molecule has 1 N–H and O–H groups in total. The normalized spacial score (nSPS) is 11.8. The Kier molecular flexibility index (Phi) is 11.8. The Morgan fingerprint density at radius 2 is 1.68 bits per heavy atom. The van der Waals surface area contributed by atoms with E-state index in [-0.39, 0.29) is 34.1 Å². The van der Waals surface area contributed by atoms with E-state index in [2.05, 4.69) is 5.32 Å². The van der Waals surface area contributed by atoms with Crippen LogP contribution < -0.4 is 5.32 Å². The Labute approximate surface area is 235 Å². The lowest BCUT2D eigenvalue weighted by Gasteiger charge is -2.18. The molecule has 0 unspecified atom stereocenters. The minimum Gasteiger partial charge on any atom is -0.456 e. The number of nitrogens with zero attached hydrogens (tertiary/aromatic N) is 1.